The number of hydrogen-bond donors (Lipinski definition) is 1. The number of hydrogen-bond acceptors (Lipinski definition) is 1. The molecule has 17 heavy (non-hydrogen) atoms. The molecule has 0 atom stereocenters. The van der Waals surface area contributed by atoms with Crippen LogP contribution in [0.15, 0.2) is 24.3 Å². The van der Waals surface area contributed by atoms with Crippen molar-refractivity contribution in [2.45, 2.75) is 58.8 Å². The third kappa shape index (κ3) is 5.25. The lowest BCUT2D eigenvalue weighted by Gasteiger charge is -2.19. The van der Waals surface area contributed by atoms with E-state index in [1.807, 2.05) is 0 Å². The van der Waals surface area contributed by atoms with Gasteiger partial charge in [-0.2, -0.15) is 0 Å². The summed E-state index contributed by atoms with van der Waals surface area (Å²) in [6.07, 6.45) is 5.27. The standard InChI is InChI=1S/C16H27N/c1-5-6-7-8-13-17-15-11-9-14(10-12-15)16(2,3)4/h9-12,17H,5-8,13H2,1-4H3. The molecule has 0 amide bonds. The molecule has 0 aliphatic carbocycles. The van der Waals surface area contributed by atoms with Crippen molar-refractivity contribution < 1.29 is 0 Å². The van der Waals surface area contributed by atoms with Crippen LogP contribution in [0, 0.1) is 0 Å². The topological polar surface area (TPSA) is 12.0 Å². The van der Waals surface area contributed by atoms with Gasteiger partial charge in [-0.05, 0) is 29.5 Å². The smallest absolute Gasteiger partial charge is 0.0340 e. The molecule has 1 aromatic carbocycles. The first-order valence-electron chi connectivity index (χ1n) is 6.88. The Kier molecular flexibility index (Phi) is 5.54. The summed E-state index contributed by atoms with van der Waals surface area (Å²) in [5, 5.41) is 3.48. The van der Waals surface area contributed by atoms with Gasteiger partial charge >= 0.3 is 0 Å². The lowest BCUT2D eigenvalue weighted by molar-refractivity contribution is 0.590. The highest BCUT2D eigenvalue weighted by Crippen LogP contribution is 2.23. The maximum absolute atomic E-state index is 3.48. The second-order valence-electron chi connectivity index (χ2n) is 5.81. The lowest BCUT2D eigenvalue weighted by Crippen LogP contribution is -2.11. The van der Waals surface area contributed by atoms with Crippen LogP contribution >= 0.6 is 0 Å². The minimum atomic E-state index is 0.250. The number of rotatable bonds is 6. The summed E-state index contributed by atoms with van der Waals surface area (Å²) >= 11 is 0. The highest BCUT2D eigenvalue weighted by Gasteiger charge is 2.12. The minimum Gasteiger partial charge on any atom is -0.385 e. The zero-order chi connectivity index (χ0) is 12.7. The molecule has 96 valence electrons. The van der Waals surface area contributed by atoms with Crippen LogP contribution in [0.3, 0.4) is 0 Å². The molecule has 0 saturated carbocycles. The molecule has 0 unspecified atom stereocenters. The molecule has 0 bridgehead atoms. The Morgan fingerprint density at radius 2 is 1.59 bits per heavy atom. The first-order chi connectivity index (χ1) is 8.04. The van der Waals surface area contributed by atoms with Gasteiger partial charge in [-0.15, -0.1) is 0 Å². The Hall–Kier alpha value is -0.980. The van der Waals surface area contributed by atoms with Crippen molar-refractivity contribution in [3.05, 3.63) is 29.8 Å². The molecule has 0 fully saturated rings. The highest BCUT2D eigenvalue weighted by atomic mass is 14.9. The van der Waals surface area contributed by atoms with Gasteiger partial charge in [-0.1, -0.05) is 59.1 Å². The van der Waals surface area contributed by atoms with E-state index in [0.29, 0.717) is 0 Å². The molecule has 1 rings (SSSR count). The van der Waals surface area contributed by atoms with Gasteiger partial charge in [0.25, 0.3) is 0 Å². The highest BCUT2D eigenvalue weighted by molar-refractivity contribution is 5.45. The Balaban J connectivity index is 2.36. The SMILES string of the molecule is CCCCCCNc1ccc(C(C)(C)C)cc1. The van der Waals surface area contributed by atoms with Crippen LogP contribution in [0.4, 0.5) is 5.69 Å². The second-order valence-corrected chi connectivity index (χ2v) is 5.81. The number of anilines is 1. The third-order valence-electron chi connectivity index (χ3n) is 3.11. The first-order valence-corrected chi connectivity index (χ1v) is 6.88. The van der Waals surface area contributed by atoms with E-state index >= 15 is 0 Å². The van der Waals surface area contributed by atoms with Gasteiger partial charge in [0, 0.05) is 12.2 Å². The second kappa shape index (κ2) is 6.68. The molecule has 0 heterocycles. The summed E-state index contributed by atoms with van der Waals surface area (Å²) in [5.41, 5.74) is 2.89. The Morgan fingerprint density at radius 3 is 2.12 bits per heavy atom. The number of nitrogens with one attached hydrogen (secondary N) is 1. The van der Waals surface area contributed by atoms with Crippen LogP contribution in [0.5, 0.6) is 0 Å². The normalized spacial score (nSPS) is 11.5. The average molecular weight is 233 g/mol. The van der Waals surface area contributed by atoms with Crippen LogP contribution in [0.2, 0.25) is 0 Å². The van der Waals surface area contributed by atoms with Gasteiger partial charge in [0.2, 0.25) is 0 Å². The zero-order valence-corrected chi connectivity index (χ0v) is 11.8. The predicted octanol–water partition coefficient (Wildman–Crippen LogP) is 4.98. The van der Waals surface area contributed by atoms with Gasteiger partial charge < -0.3 is 5.32 Å². The van der Waals surface area contributed by atoms with Crippen molar-refractivity contribution in [2.24, 2.45) is 0 Å². The fraction of sp³-hybridized carbons (Fsp3) is 0.625. The Morgan fingerprint density at radius 1 is 0.941 bits per heavy atom. The van der Waals surface area contributed by atoms with E-state index in [-0.39, 0.29) is 5.41 Å². The fourth-order valence-corrected chi connectivity index (χ4v) is 1.87. The fourth-order valence-electron chi connectivity index (χ4n) is 1.87. The molecule has 1 heteroatoms. The quantitative estimate of drug-likeness (QED) is 0.684. The molecule has 0 spiro atoms. The predicted molar refractivity (Wildman–Crippen MR) is 77.8 cm³/mol. The van der Waals surface area contributed by atoms with Crippen LogP contribution in [-0.2, 0) is 5.41 Å². The van der Waals surface area contributed by atoms with Crippen LogP contribution in [-0.4, -0.2) is 6.54 Å². The molecule has 0 aliphatic rings. The van der Waals surface area contributed by atoms with Crippen molar-refractivity contribution in [2.75, 3.05) is 11.9 Å². The minimum absolute atomic E-state index is 0.250. The van der Waals surface area contributed by atoms with Crippen molar-refractivity contribution in [1.29, 1.82) is 0 Å². The molecular weight excluding hydrogens is 206 g/mol. The molecule has 0 radical (unpaired) electrons. The molecule has 1 aromatic rings. The number of benzene rings is 1. The van der Waals surface area contributed by atoms with Crippen molar-refractivity contribution in [3.63, 3.8) is 0 Å². The summed E-state index contributed by atoms with van der Waals surface area (Å²) in [7, 11) is 0. The zero-order valence-electron chi connectivity index (χ0n) is 11.8. The van der Waals surface area contributed by atoms with E-state index in [9.17, 15) is 0 Å². The van der Waals surface area contributed by atoms with Crippen molar-refractivity contribution in [3.8, 4) is 0 Å². The maximum atomic E-state index is 3.48. The summed E-state index contributed by atoms with van der Waals surface area (Å²) in [4.78, 5) is 0. The van der Waals surface area contributed by atoms with E-state index in [4.69, 9.17) is 0 Å². The monoisotopic (exact) mass is 233 g/mol. The third-order valence-corrected chi connectivity index (χ3v) is 3.11. The molecular formula is C16H27N. The first kappa shape index (κ1) is 14.1. The lowest BCUT2D eigenvalue weighted by atomic mass is 9.87. The summed E-state index contributed by atoms with van der Waals surface area (Å²) in [6.45, 7) is 10.1. The van der Waals surface area contributed by atoms with Gasteiger partial charge in [0.1, 0.15) is 0 Å². The van der Waals surface area contributed by atoms with E-state index in [2.05, 4.69) is 57.3 Å². The maximum Gasteiger partial charge on any atom is 0.0340 e. The molecule has 0 saturated heterocycles. The molecule has 1 N–H and O–H groups in total. The summed E-state index contributed by atoms with van der Waals surface area (Å²) in [6, 6.07) is 8.85. The van der Waals surface area contributed by atoms with Crippen LogP contribution in [0.1, 0.15) is 58.9 Å². The average Bonchev–Trinajstić information content (AvgIpc) is 2.28. The van der Waals surface area contributed by atoms with Crippen molar-refractivity contribution in [1.82, 2.24) is 0 Å². The van der Waals surface area contributed by atoms with E-state index < -0.39 is 0 Å². The van der Waals surface area contributed by atoms with Crippen LogP contribution < -0.4 is 5.32 Å². The number of unbranched alkanes of at least 4 members (excludes halogenated alkanes) is 3. The van der Waals surface area contributed by atoms with Crippen LogP contribution in [0.25, 0.3) is 0 Å². The van der Waals surface area contributed by atoms with Gasteiger partial charge in [0.05, 0.1) is 0 Å². The molecule has 1 nitrogen and oxygen atoms in total. The van der Waals surface area contributed by atoms with Gasteiger partial charge in [-0.25, -0.2) is 0 Å². The largest absolute Gasteiger partial charge is 0.385 e. The van der Waals surface area contributed by atoms with Gasteiger partial charge in [-0.3, -0.25) is 0 Å². The van der Waals surface area contributed by atoms with Gasteiger partial charge in [0.15, 0.2) is 0 Å². The van der Waals surface area contributed by atoms with E-state index in [1.54, 1.807) is 0 Å². The van der Waals surface area contributed by atoms with E-state index in [0.717, 1.165) is 6.54 Å². The van der Waals surface area contributed by atoms with Crippen molar-refractivity contribution >= 4 is 5.69 Å². The molecule has 0 aliphatic heterocycles. The Labute approximate surface area is 107 Å². The van der Waals surface area contributed by atoms with E-state index in [1.165, 1.54) is 36.9 Å². The Bertz CT molecular complexity index is 305. The summed E-state index contributed by atoms with van der Waals surface area (Å²) in [5.74, 6) is 0. The summed E-state index contributed by atoms with van der Waals surface area (Å²) < 4.78 is 0. The molecule has 0 aromatic heterocycles.